The zero-order valence-corrected chi connectivity index (χ0v) is 10.3. The molecular formula is C13H26O2. The van der Waals surface area contributed by atoms with E-state index in [2.05, 4.69) is 13.8 Å². The molecule has 0 saturated carbocycles. The predicted octanol–water partition coefficient (Wildman–Crippen LogP) is 4.24. The van der Waals surface area contributed by atoms with E-state index in [1.165, 1.54) is 38.5 Å². The number of rotatable bonds is 10. The molecule has 1 atom stereocenters. The average Bonchev–Trinajstić information content (AvgIpc) is 2.21. The average molecular weight is 214 g/mol. The van der Waals surface area contributed by atoms with Crippen molar-refractivity contribution in [2.75, 3.05) is 0 Å². The van der Waals surface area contributed by atoms with E-state index >= 15 is 0 Å². The maximum Gasteiger partial charge on any atom is 0.303 e. The van der Waals surface area contributed by atoms with Gasteiger partial charge in [0.05, 0.1) is 0 Å². The van der Waals surface area contributed by atoms with Crippen molar-refractivity contribution < 1.29 is 9.90 Å². The first-order valence-corrected chi connectivity index (χ1v) is 6.42. The Balaban J connectivity index is 3.33. The standard InChI is InChI=1S/C13H26O2/c1-3-5-9-12(4-2)10-7-6-8-11-13(14)15/h12H,3-11H2,1-2H3,(H,14,15). The fourth-order valence-electron chi connectivity index (χ4n) is 1.93. The summed E-state index contributed by atoms with van der Waals surface area (Å²) in [6, 6.07) is 0. The Kier molecular flexibility index (Phi) is 9.65. The molecule has 0 spiro atoms. The summed E-state index contributed by atoms with van der Waals surface area (Å²) >= 11 is 0. The van der Waals surface area contributed by atoms with Crippen LogP contribution in [0.15, 0.2) is 0 Å². The van der Waals surface area contributed by atoms with Crippen molar-refractivity contribution in [3.05, 3.63) is 0 Å². The topological polar surface area (TPSA) is 37.3 Å². The minimum atomic E-state index is -0.659. The second-order valence-electron chi connectivity index (χ2n) is 4.41. The first kappa shape index (κ1) is 14.5. The summed E-state index contributed by atoms with van der Waals surface area (Å²) in [5.41, 5.74) is 0. The van der Waals surface area contributed by atoms with E-state index in [-0.39, 0.29) is 0 Å². The van der Waals surface area contributed by atoms with Crippen molar-refractivity contribution in [2.24, 2.45) is 5.92 Å². The van der Waals surface area contributed by atoms with E-state index in [4.69, 9.17) is 5.11 Å². The summed E-state index contributed by atoms with van der Waals surface area (Å²) in [5, 5.41) is 8.48. The highest BCUT2D eigenvalue weighted by Crippen LogP contribution is 2.19. The second-order valence-corrected chi connectivity index (χ2v) is 4.41. The maximum atomic E-state index is 10.3. The van der Waals surface area contributed by atoms with Crippen molar-refractivity contribution in [1.29, 1.82) is 0 Å². The number of carbonyl (C=O) groups is 1. The quantitative estimate of drug-likeness (QED) is 0.552. The minimum absolute atomic E-state index is 0.339. The van der Waals surface area contributed by atoms with Gasteiger partial charge in [-0.2, -0.15) is 0 Å². The molecule has 0 bridgehead atoms. The number of carboxylic acids is 1. The van der Waals surface area contributed by atoms with Crippen LogP contribution in [0.2, 0.25) is 0 Å². The number of hydrogen-bond donors (Lipinski definition) is 1. The van der Waals surface area contributed by atoms with Crippen LogP contribution in [0.4, 0.5) is 0 Å². The third-order valence-electron chi connectivity index (χ3n) is 3.05. The van der Waals surface area contributed by atoms with Crippen LogP contribution in [0, 0.1) is 5.92 Å². The molecule has 0 aliphatic carbocycles. The molecular weight excluding hydrogens is 188 g/mol. The van der Waals surface area contributed by atoms with Crippen LogP contribution < -0.4 is 0 Å². The zero-order valence-electron chi connectivity index (χ0n) is 10.3. The van der Waals surface area contributed by atoms with Crippen LogP contribution in [0.25, 0.3) is 0 Å². The normalized spacial score (nSPS) is 12.7. The van der Waals surface area contributed by atoms with E-state index in [0.717, 1.165) is 18.8 Å². The van der Waals surface area contributed by atoms with Crippen LogP contribution in [-0.2, 0) is 4.79 Å². The molecule has 1 unspecified atom stereocenters. The van der Waals surface area contributed by atoms with E-state index in [1.54, 1.807) is 0 Å². The summed E-state index contributed by atoms with van der Waals surface area (Å²) in [6.45, 7) is 4.50. The van der Waals surface area contributed by atoms with E-state index < -0.39 is 5.97 Å². The van der Waals surface area contributed by atoms with Gasteiger partial charge >= 0.3 is 5.97 Å². The highest BCUT2D eigenvalue weighted by atomic mass is 16.4. The Labute approximate surface area is 94.1 Å². The first-order valence-electron chi connectivity index (χ1n) is 6.42. The largest absolute Gasteiger partial charge is 0.481 e. The second kappa shape index (κ2) is 10.0. The molecule has 15 heavy (non-hydrogen) atoms. The van der Waals surface area contributed by atoms with Crippen LogP contribution in [0.5, 0.6) is 0 Å². The van der Waals surface area contributed by atoms with Gasteiger partial charge in [0.15, 0.2) is 0 Å². The van der Waals surface area contributed by atoms with E-state index in [1.807, 2.05) is 0 Å². The van der Waals surface area contributed by atoms with Crippen molar-refractivity contribution in [2.45, 2.75) is 71.6 Å². The van der Waals surface area contributed by atoms with Crippen molar-refractivity contribution >= 4 is 5.97 Å². The summed E-state index contributed by atoms with van der Waals surface area (Å²) in [6.07, 6.45) is 10.0. The van der Waals surface area contributed by atoms with Crippen LogP contribution >= 0.6 is 0 Å². The molecule has 1 N–H and O–H groups in total. The molecule has 0 fully saturated rings. The number of carboxylic acid groups (broad SMARTS) is 1. The minimum Gasteiger partial charge on any atom is -0.481 e. The van der Waals surface area contributed by atoms with E-state index in [9.17, 15) is 4.79 Å². The Hall–Kier alpha value is -0.530. The molecule has 0 aliphatic rings. The fraction of sp³-hybridized carbons (Fsp3) is 0.923. The summed E-state index contributed by atoms with van der Waals surface area (Å²) in [5.74, 6) is 0.211. The Morgan fingerprint density at radius 1 is 1.07 bits per heavy atom. The lowest BCUT2D eigenvalue weighted by Crippen LogP contribution is -1.99. The number of unbranched alkanes of at least 4 members (excludes halogenated alkanes) is 3. The molecule has 0 rings (SSSR count). The Morgan fingerprint density at radius 3 is 2.27 bits per heavy atom. The Morgan fingerprint density at radius 2 is 1.73 bits per heavy atom. The van der Waals surface area contributed by atoms with Crippen molar-refractivity contribution in [3.8, 4) is 0 Å². The third kappa shape index (κ3) is 9.77. The molecule has 0 aromatic rings. The number of aliphatic carboxylic acids is 1. The van der Waals surface area contributed by atoms with Gasteiger partial charge in [0.2, 0.25) is 0 Å². The smallest absolute Gasteiger partial charge is 0.303 e. The molecule has 0 aromatic carbocycles. The van der Waals surface area contributed by atoms with Gasteiger partial charge in [-0.25, -0.2) is 0 Å². The molecule has 0 radical (unpaired) electrons. The third-order valence-corrected chi connectivity index (χ3v) is 3.05. The summed E-state index contributed by atoms with van der Waals surface area (Å²) in [7, 11) is 0. The molecule has 90 valence electrons. The molecule has 0 saturated heterocycles. The van der Waals surface area contributed by atoms with Gasteiger partial charge in [0.1, 0.15) is 0 Å². The van der Waals surface area contributed by atoms with Gasteiger partial charge in [0.25, 0.3) is 0 Å². The van der Waals surface area contributed by atoms with Gasteiger partial charge < -0.3 is 5.11 Å². The van der Waals surface area contributed by atoms with Crippen molar-refractivity contribution in [3.63, 3.8) is 0 Å². The van der Waals surface area contributed by atoms with Gasteiger partial charge in [0, 0.05) is 6.42 Å². The summed E-state index contributed by atoms with van der Waals surface area (Å²) in [4.78, 5) is 10.3. The summed E-state index contributed by atoms with van der Waals surface area (Å²) < 4.78 is 0. The molecule has 0 heterocycles. The fourth-order valence-corrected chi connectivity index (χ4v) is 1.93. The van der Waals surface area contributed by atoms with Crippen LogP contribution in [0.1, 0.15) is 71.6 Å². The van der Waals surface area contributed by atoms with Crippen LogP contribution in [-0.4, -0.2) is 11.1 Å². The molecule has 0 amide bonds. The van der Waals surface area contributed by atoms with Gasteiger partial charge in [-0.1, -0.05) is 58.8 Å². The predicted molar refractivity (Wildman–Crippen MR) is 64.0 cm³/mol. The molecule has 0 aromatic heterocycles. The van der Waals surface area contributed by atoms with Crippen molar-refractivity contribution in [1.82, 2.24) is 0 Å². The first-order chi connectivity index (χ1) is 7.20. The molecule has 2 heteroatoms. The van der Waals surface area contributed by atoms with Gasteiger partial charge in [-0.3, -0.25) is 4.79 Å². The molecule has 2 nitrogen and oxygen atoms in total. The lowest BCUT2D eigenvalue weighted by molar-refractivity contribution is -0.137. The lowest BCUT2D eigenvalue weighted by Gasteiger charge is -2.13. The molecule has 0 aliphatic heterocycles. The maximum absolute atomic E-state index is 10.3. The van der Waals surface area contributed by atoms with Gasteiger partial charge in [-0.05, 0) is 12.3 Å². The zero-order chi connectivity index (χ0) is 11.5. The van der Waals surface area contributed by atoms with Crippen LogP contribution in [0.3, 0.4) is 0 Å². The van der Waals surface area contributed by atoms with Gasteiger partial charge in [-0.15, -0.1) is 0 Å². The number of hydrogen-bond acceptors (Lipinski definition) is 1. The highest BCUT2D eigenvalue weighted by Gasteiger charge is 2.05. The highest BCUT2D eigenvalue weighted by molar-refractivity contribution is 5.66. The monoisotopic (exact) mass is 214 g/mol. The van der Waals surface area contributed by atoms with E-state index in [0.29, 0.717) is 6.42 Å². The Bertz CT molecular complexity index is 155. The SMILES string of the molecule is CCCCC(CC)CCCCCC(=O)O. The lowest BCUT2D eigenvalue weighted by atomic mass is 9.93.